The molecule has 1 aliphatic heterocycles. The van der Waals surface area contributed by atoms with Crippen LogP contribution in [0.3, 0.4) is 0 Å². The Morgan fingerprint density at radius 1 is 1.10 bits per heavy atom. The number of hydrogen-bond acceptors (Lipinski definition) is 3. The van der Waals surface area contributed by atoms with Gasteiger partial charge in [-0.25, -0.2) is 4.99 Å². The first kappa shape index (κ1) is 21.3. The van der Waals surface area contributed by atoms with Gasteiger partial charge < -0.3 is 10.2 Å². The highest BCUT2D eigenvalue weighted by atomic mass is 127. The average molecular weight is 502 g/mol. The van der Waals surface area contributed by atoms with Crippen LogP contribution in [0.25, 0.3) is 5.69 Å². The Labute approximate surface area is 189 Å². The Balaban J connectivity index is 0.00000240. The Kier molecular flexibility index (Phi) is 7.62. The minimum atomic E-state index is 0. The molecule has 4 rings (SSSR count). The van der Waals surface area contributed by atoms with Crippen LogP contribution in [0.2, 0.25) is 0 Å². The zero-order chi connectivity index (χ0) is 19.2. The van der Waals surface area contributed by atoms with Gasteiger partial charge in [-0.05, 0) is 31.0 Å². The van der Waals surface area contributed by atoms with E-state index in [0.717, 1.165) is 43.5 Å². The summed E-state index contributed by atoms with van der Waals surface area (Å²) in [6, 6.07) is 20.9. The molecule has 0 amide bonds. The Bertz CT molecular complexity index is 909. The molecule has 1 atom stereocenters. The summed E-state index contributed by atoms with van der Waals surface area (Å²) in [5, 5.41) is 11.8. The number of aromatic nitrogens is 3. The van der Waals surface area contributed by atoms with Crippen LogP contribution in [-0.4, -0.2) is 45.3 Å². The maximum atomic E-state index is 4.86. The largest absolute Gasteiger partial charge is 0.357 e. The van der Waals surface area contributed by atoms with Crippen molar-refractivity contribution in [3.8, 4) is 5.69 Å². The summed E-state index contributed by atoms with van der Waals surface area (Å²) >= 11 is 0. The molecule has 0 saturated carbocycles. The maximum absolute atomic E-state index is 4.86. The molecule has 152 valence electrons. The van der Waals surface area contributed by atoms with E-state index < -0.39 is 0 Å². The van der Waals surface area contributed by atoms with Crippen molar-refractivity contribution in [2.45, 2.75) is 25.8 Å². The Hall–Kier alpha value is -2.42. The summed E-state index contributed by atoms with van der Waals surface area (Å²) in [5.41, 5.74) is 2.46. The first-order chi connectivity index (χ1) is 13.8. The summed E-state index contributed by atoms with van der Waals surface area (Å²) in [6.45, 7) is 5.44. The van der Waals surface area contributed by atoms with Gasteiger partial charge in [-0.1, -0.05) is 48.5 Å². The second-order valence-electron chi connectivity index (χ2n) is 6.97. The third-order valence-electron chi connectivity index (χ3n) is 5.12. The van der Waals surface area contributed by atoms with Crippen LogP contribution in [0, 0.1) is 0 Å². The average Bonchev–Trinajstić information content (AvgIpc) is 3.42. The zero-order valence-corrected chi connectivity index (χ0v) is 18.9. The molecule has 0 bridgehead atoms. The van der Waals surface area contributed by atoms with Gasteiger partial charge in [0.05, 0.1) is 0 Å². The molecule has 1 unspecified atom stereocenters. The van der Waals surface area contributed by atoms with Gasteiger partial charge in [-0.3, -0.25) is 4.57 Å². The lowest BCUT2D eigenvalue weighted by Gasteiger charge is -2.21. The van der Waals surface area contributed by atoms with Crippen molar-refractivity contribution in [2.75, 3.05) is 19.6 Å². The number of guanidine groups is 1. The van der Waals surface area contributed by atoms with E-state index in [4.69, 9.17) is 4.99 Å². The molecule has 7 heteroatoms. The van der Waals surface area contributed by atoms with E-state index in [1.54, 1.807) is 6.33 Å². The maximum Gasteiger partial charge on any atom is 0.194 e. The highest BCUT2D eigenvalue weighted by Crippen LogP contribution is 2.27. The summed E-state index contributed by atoms with van der Waals surface area (Å²) < 4.78 is 1.99. The molecule has 1 aromatic heterocycles. The van der Waals surface area contributed by atoms with Crippen molar-refractivity contribution in [1.29, 1.82) is 0 Å². The Morgan fingerprint density at radius 2 is 1.83 bits per heavy atom. The lowest BCUT2D eigenvalue weighted by molar-refractivity contribution is 0.485. The minimum Gasteiger partial charge on any atom is -0.357 e. The molecule has 0 aliphatic carbocycles. The number of aliphatic imine (C=N–C) groups is 1. The first-order valence-corrected chi connectivity index (χ1v) is 9.87. The van der Waals surface area contributed by atoms with Crippen molar-refractivity contribution in [3.05, 3.63) is 78.4 Å². The lowest BCUT2D eigenvalue weighted by atomic mass is 9.99. The first-order valence-electron chi connectivity index (χ1n) is 9.87. The fraction of sp³-hybridized carbons (Fsp3) is 0.318. The second-order valence-corrected chi connectivity index (χ2v) is 6.97. The molecule has 2 heterocycles. The van der Waals surface area contributed by atoms with Gasteiger partial charge in [0, 0.05) is 31.2 Å². The van der Waals surface area contributed by atoms with E-state index in [-0.39, 0.29) is 24.0 Å². The molecule has 6 nitrogen and oxygen atoms in total. The molecule has 29 heavy (non-hydrogen) atoms. The molecule has 1 N–H and O–H groups in total. The number of nitrogens with one attached hydrogen (secondary N) is 1. The number of benzene rings is 2. The SMILES string of the molecule is CCNC(=NCc1nncn1-c1ccccc1)N1CCC(c2ccccc2)C1.I. The van der Waals surface area contributed by atoms with Gasteiger partial charge in [0.25, 0.3) is 0 Å². The summed E-state index contributed by atoms with van der Waals surface area (Å²) in [5.74, 6) is 2.34. The van der Waals surface area contributed by atoms with Crippen molar-refractivity contribution < 1.29 is 0 Å². The van der Waals surface area contributed by atoms with Gasteiger partial charge in [0.15, 0.2) is 11.8 Å². The molecular formula is C22H27IN6. The van der Waals surface area contributed by atoms with Crippen LogP contribution in [0.1, 0.15) is 30.7 Å². The van der Waals surface area contributed by atoms with Gasteiger partial charge >= 0.3 is 0 Å². The van der Waals surface area contributed by atoms with Crippen LogP contribution >= 0.6 is 24.0 Å². The van der Waals surface area contributed by atoms with E-state index in [0.29, 0.717) is 12.5 Å². The van der Waals surface area contributed by atoms with Crippen LogP contribution in [0.5, 0.6) is 0 Å². The molecule has 1 aliphatic rings. The van der Waals surface area contributed by atoms with E-state index in [1.165, 1.54) is 5.56 Å². The van der Waals surface area contributed by atoms with Crippen LogP contribution in [0.15, 0.2) is 72.0 Å². The fourth-order valence-electron chi connectivity index (χ4n) is 3.69. The fourth-order valence-corrected chi connectivity index (χ4v) is 3.69. The van der Waals surface area contributed by atoms with Crippen molar-refractivity contribution in [2.24, 2.45) is 4.99 Å². The summed E-state index contributed by atoms with van der Waals surface area (Å²) in [6.07, 6.45) is 2.89. The summed E-state index contributed by atoms with van der Waals surface area (Å²) in [4.78, 5) is 7.21. The Morgan fingerprint density at radius 3 is 2.55 bits per heavy atom. The monoisotopic (exact) mass is 502 g/mol. The molecular weight excluding hydrogens is 475 g/mol. The van der Waals surface area contributed by atoms with Gasteiger partial charge in [0.2, 0.25) is 0 Å². The lowest BCUT2D eigenvalue weighted by Crippen LogP contribution is -2.40. The van der Waals surface area contributed by atoms with Gasteiger partial charge in [-0.2, -0.15) is 0 Å². The quantitative estimate of drug-likeness (QED) is 0.327. The van der Waals surface area contributed by atoms with Gasteiger partial charge in [-0.15, -0.1) is 34.2 Å². The van der Waals surface area contributed by atoms with Crippen molar-refractivity contribution in [1.82, 2.24) is 25.0 Å². The number of hydrogen-bond donors (Lipinski definition) is 1. The number of halogens is 1. The van der Waals surface area contributed by atoms with Crippen LogP contribution in [0.4, 0.5) is 0 Å². The highest BCUT2D eigenvalue weighted by Gasteiger charge is 2.26. The number of para-hydroxylation sites is 1. The van der Waals surface area contributed by atoms with E-state index in [1.807, 2.05) is 34.9 Å². The minimum absolute atomic E-state index is 0. The van der Waals surface area contributed by atoms with Crippen molar-refractivity contribution in [3.63, 3.8) is 0 Å². The number of nitrogens with zero attached hydrogens (tertiary/aromatic N) is 5. The third kappa shape index (κ3) is 5.14. The molecule has 1 saturated heterocycles. The summed E-state index contributed by atoms with van der Waals surface area (Å²) in [7, 11) is 0. The second kappa shape index (κ2) is 10.4. The predicted molar refractivity (Wildman–Crippen MR) is 127 cm³/mol. The third-order valence-corrected chi connectivity index (χ3v) is 5.12. The molecule has 0 radical (unpaired) electrons. The van der Waals surface area contributed by atoms with Gasteiger partial charge in [0.1, 0.15) is 12.9 Å². The molecule has 3 aromatic rings. The number of likely N-dealkylation sites (tertiary alicyclic amines) is 1. The van der Waals surface area contributed by atoms with Crippen LogP contribution in [-0.2, 0) is 6.54 Å². The smallest absolute Gasteiger partial charge is 0.194 e. The molecule has 0 spiro atoms. The molecule has 1 fully saturated rings. The normalized spacial score (nSPS) is 16.5. The topological polar surface area (TPSA) is 58.3 Å². The van der Waals surface area contributed by atoms with E-state index in [9.17, 15) is 0 Å². The van der Waals surface area contributed by atoms with E-state index in [2.05, 4.69) is 57.7 Å². The zero-order valence-electron chi connectivity index (χ0n) is 16.6. The molecule has 2 aromatic carbocycles. The standard InChI is InChI=1S/C22H26N6.HI/c1-2-23-22(27-14-13-19(16-27)18-9-5-3-6-10-18)24-15-21-26-25-17-28(21)20-11-7-4-8-12-20;/h3-12,17,19H,2,13-16H2,1H3,(H,23,24);1H. The predicted octanol–water partition coefficient (Wildman–Crippen LogP) is 3.84. The van der Waals surface area contributed by atoms with Crippen LogP contribution < -0.4 is 5.32 Å². The van der Waals surface area contributed by atoms with Crippen molar-refractivity contribution >= 4 is 29.9 Å². The number of rotatable bonds is 5. The highest BCUT2D eigenvalue weighted by molar-refractivity contribution is 14.0. The van der Waals surface area contributed by atoms with E-state index >= 15 is 0 Å².